The number of alkyl halides is 3. The van der Waals surface area contributed by atoms with Crippen molar-refractivity contribution in [2.24, 2.45) is 0 Å². The van der Waals surface area contributed by atoms with Gasteiger partial charge in [-0.2, -0.15) is 13.2 Å². The van der Waals surface area contributed by atoms with Crippen molar-refractivity contribution in [3.63, 3.8) is 0 Å². The summed E-state index contributed by atoms with van der Waals surface area (Å²) >= 11 is 0. The van der Waals surface area contributed by atoms with Gasteiger partial charge in [0, 0.05) is 36.7 Å². The van der Waals surface area contributed by atoms with E-state index in [0.29, 0.717) is 42.5 Å². The molecule has 0 radical (unpaired) electrons. The van der Waals surface area contributed by atoms with Crippen LogP contribution in [0.5, 0.6) is 0 Å². The van der Waals surface area contributed by atoms with Gasteiger partial charge in [0.1, 0.15) is 0 Å². The number of aliphatic hydroxyl groups is 1. The van der Waals surface area contributed by atoms with Gasteiger partial charge >= 0.3 is 6.18 Å². The zero-order valence-electron chi connectivity index (χ0n) is 19.6. The minimum Gasteiger partial charge on any atom is -0.393 e. The van der Waals surface area contributed by atoms with E-state index in [1.807, 2.05) is 19.1 Å². The fourth-order valence-corrected chi connectivity index (χ4v) is 4.78. The van der Waals surface area contributed by atoms with Crippen molar-refractivity contribution in [1.82, 2.24) is 0 Å². The van der Waals surface area contributed by atoms with Crippen LogP contribution in [-0.2, 0) is 28.6 Å². The number of halogens is 3. The molecule has 5 nitrogen and oxygen atoms in total. The molecule has 8 heteroatoms. The van der Waals surface area contributed by atoms with Crippen LogP contribution in [0.1, 0.15) is 61.3 Å². The zero-order chi connectivity index (χ0) is 25.2. The fraction of sp³-hybridized carbons (Fsp3) is 0.407. The van der Waals surface area contributed by atoms with Crippen molar-refractivity contribution >= 4 is 28.8 Å². The van der Waals surface area contributed by atoms with Gasteiger partial charge in [0.25, 0.3) is 0 Å². The van der Waals surface area contributed by atoms with Gasteiger partial charge in [0.2, 0.25) is 11.8 Å². The standard InChI is InChI=1S/C27H29F3N2O3/c1-2-3-7-26(35)32-13-12-18(21-11-9-19(15-24(21)32)27(28,29)30)14-25(34)31-23-6-4-5-17-8-10-20(33)16-22(17)23/h4-6,9,11,14-15,20,33H,2-3,7-8,10,12-13,16H2,1H3,(H,31,34). The summed E-state index contributed by atoms with van der Waals surface area (Å²) in [6, 6.07) is 8.95. The Morgan fingerprint density at radius 3 is 2.74 bits per heavy atom. The highest BCUT2D eigenvalue weighted by molar-refractivity contribution is 6.07. The number of fused-ring (bicyclic) bond motifs is 2. The molecule has 0 bridgehead atoms. The molecule has 4 rings (SSSR count). The van der Waals surface area contributed by atoms with Gasteiger partial charge < -0.3 is 15.3 Å². The Labute approximate surface area is 202 Å². The summed E-state index contributed by atoms with van der Waals surface area (Å²) in [5.74, 6) is -0.615. The van der Waals surface area contributed by atoms with Gasteiger partial charge in [-0.05, 0) is 60.6 Å². The van der Waals surface area contributed by atoms with Gasteiger partial charge in [-0.25, -0.2) is 0 Å². The molecular weight excluding hydrogens is 457 g/mol. The van der Waals surface area contributed by atoms with Crippen LogP contribution >= 0.6 is 0 Å². The van der Waals surface area contributed by atoms with Crippen LogP contribution in [0.25, 0.3) is 5.57 Å². The largest absolute Gasteiger partial charge is 0.416 e. The van der Waals surface area contributed by atoms with Crippen LogP contribution in [0.4, 0.5) is 24.5 Å². The number of amides is 2. The van der Waals surface area contributed by atoms with E-state index in [1.54, 1.807) is 6.07 Å². The van der Waals surface area contributed by atoms with Gasteiger partial charge in [0.15, 0.2) is 0 Å². The summed E-state index contributed by atoms with van der Waals surface area (Å²) in [6.45, 7) is 2.16. The third kappa shape index (κ3) is 5.59. The summed E-state index contributed by atoms with van der Waals surface area (Å²) in [5, 5.41) is 12.9. The highest BCUT2D eigenvalue weighted by Gasteiger charge is 2.34. The van der Waals surface area contributed by atoms with Crippen molar-refractivity contribution in [1.29, 1.82) is 0 Å². The van der Waals surface area contributed by atoms with Crippen molar-refractivity contribution in [2.45, 2.75) is 64.1 Å². The maximum Gasteiger partial charge on any atom is 0.416 e. The number of carbonyl (C=O) groups excluding carboxylic acids is 2. The van der Waals surface area contributed by atoms with E-state index in [9.17, 15) is 27.9 Å². The maximum atomic E-state index is 13.4. The normalized spacial score (nSPS) is 18.7. The molecular formula is C27H29F3N2O3. The fourth-order valence-electron chi connectivity index (χ4n) is 4.78. The zero-order valence-corrected chi connectivity index (χ0v) is 19.6. The minimum absolute atomic E-state index is 0.187. The first-order valence-electron chi connectivity index (χ1n) is 12.0. The van der Waals surface area contributed by atoms with Crippen molar-refractivity contribution in [3.05, 3.63) is 64.7 Å². The SMILES string of the molecule is CCCCC(=O)N1CCC(=CC(=O)Nc2cccc3c2CC(O)CC3)c2ccc(C(F)(F)F)cc21. The molecule has 1 aliphatic carbocycles. The van der Waals surface area contributed by atoms with Crippen LogP contribution in [0.2, 0.25) is 0 Å². The predicted octanol–water partition coefficient (Wildman–Crippen LogP) is 5.50. The molecule has 0 spiro atoms. The Bertz CT molecular complexity index is 1160. The number of hydrogen-bond acceptors (Lipinski definition) is 3. The summed E-state index contributed by atoms with van der Waals surface area (Å²) in [5.41, 5.74) is 3.01. The van der Waals surface area contributed by atoms with Gasteiger partial charge in [-0.3, -0.25) is 9.59 Å². The van der Waals surface area contributed by atoms with E-state index in [0.717, 1.165) is 36.1 Å². The third-order valence-corrected chi connectivity index (χ3v) is 6.63. The molecule has 2 aromatic rings. The Morgan fingerprint density at radius 1 is 1.20 bits per heavy atom. The van der Waals surface area contributed by atoms with Gasteiger partial charge in [-0.1, -0.05) is 31.5 Å². The smallest absolute Gasteiger partial charge is 0.393 e. The van der Waals surface area contributed by atoms with E-state index in [2.05, 4.69) is 5.32 Å². The number of nitrogens with zero attached hydrogens (tertiary/aromatic N) is 1. The number of nitrogens with one attached hydrogen (secondary N) is 1. The number of aliphatic hydroxyl groups excluding tert-OH is 1. The summed E-state index contributed by atoms with van der Waals surface area (Å²) in [7, 11) is 0. The topological polar surface area (TPSA) is 69.6 Å². The number of hydrogen-bond donors (Lipinski definition) is 2. The summed E-state index contributed by atoms with van der Waals surface area (Å²) in [6.07, 6.45) is 0.360. The lowest BCUT2D eigenvalue weighted by Crippen LogP contribution is -2.35. The van der Waals surface area contributed by atoms with E-state index >= 15 is 0 Å². The van der Waals surface area contributed by atoms with Crippen LogP contribution in [0.3, 0.4) is 0 Å². The molecule has 1 unspecified atom stereocenters. The predicted molar refractivity (Wildman–Crippen MR) is 129 cm³/mol. The molecule has 2 amide bonds. The average Bonchev–Trinajstić information content (AvgIpc) is 2.82. The average molecular weight is 487 g/mol. The summed E-state index contributed by atoms with van der Waals surface area (Å²) in [4.78, 5) is 27.1. The molecule has 35 heavy (non-hydrogen) atoms. The number of anilines is 2. The van der Waals surface area contributed by atoms with Crippen molar-refractivity contribution in [3.8, 4) is 0 Å². The van der Waals surface area contributed by atoms with Crippen LogP contribution in [-0.4, -0.2) is 29.6 Å². The second-order valence-corrected chi connectivity index (χ2v) is 9.13. The van der Waals surface area contributed by atoms with Crippen molar-refractivity contribution in [2.75, 3.05) is 16.8 Å². The van der Waals surface area contributed by atoms with Crippen molar-refractivity contribution < 1.29 is 27.9 Å². The number of rotatable bonds is 5. The highest BCUT2D eigenvalue weighted by Crippen LogP contribution is 2.40. The molecule has 186 valence electrons. The highest BCUT2D eigenvalue weighted by atomic mass is 19.4. The maximum absolute atomic E-state index is 13.4. The van der Waals surface area contributed by atoms with E-state index in [4.69, 9.17) is 0 Å². The Balaban J connectivity index is 1.64. The van der Waals surface area contributed by atoms with Crippen LogP contribution < -0.4 is 10.2 Å². The lowest BCUT2D eigenvalue weighted by molar-refractivity contribution is -0.137. The summed E-state index contributed by atoms with van der Waals surface area (Å²) < 4.78 is 40.2. The Kier molecular flexibility index (Phi) is 7.31. The first-order chi connectivity index (χ1) is 16.7. The van der Waals surface area contributed by atoms with E-state index in [-0.39, 0.29) is 24.6 Å². The van der Waals surface area contributed by atoms with E-state index in [1.165, 1.54) is 17.0 Å². The van der Waals surface area contributed by atoms with Crippen LogP contribution in [0, 0.1) is 0 Å². The van der Waals surface area contributed by atoms with Gasteiger partial charge in [-0.15, -0.1) is 0 Å². The molecule has 1 aliphatic heterocycles. The molecule has 1 heterocycles. The molecule has 0 fully saturated rings. The quantitative estimate of drug-likeness (QED) is 0.548. The second-order valence-electron chi connectivity index (χ2n) is 9.13. The Hall–Kier alpha value is -3.13. The molecule has 0 aromatic heterocycles. The van der Waals surface area contributed by atoms with Gasteiger partial charge in [0.05, 0.1) is 17.4 Å². The monoisotopic (exact) mass is 486 g/mol. The molecule has 2 aliphatic rings. The number of unbranched alkanes of at least 4 members (excludes halogenated alkanes) is 1. The molecule has 2 aromatic carbocycles. The molecule has 0 saturated carbocycles. The Morgan fingerprint density at radius 2 is 2.00 bits per heavy atom. The van der Waals surface area contributed by atoms with Crippen LogP contribution in [0.15, 0.2) is 42.5 Å². The van der Waals surface area contributed by atoms with E-state index < -0.39 is 23.8 Å². The molecule has 2 N–H and O–H groups in total. The lowest BCUT2D eigenvalue weighted by Gasteiger charge is -2.32. The number of benzene rings is 2. The molecule has 1 atom stereocenters. The lowest BCUT2D eigenvalue weighted by atomic mass is 9.88. The minimum atomic E-state index is -4.54. The first-order valence-corrected chi connectivity index (χ1v) is 12.0. The molecule has 0 saturated heterocycles. The number of aryl methyl sites for hydroxylation is 1. The second kappa shape index (κ2) is 10.2. The first kappa shape index (κ1) is 25.0. The number of carbonyl (C=O) groups is 2. The third-order valence-electron chi connectivity index (χ3n) is 6.63.